The highest BCUT2D eigenvalue weighted by molar-refractivity contribution is 5.74. The molecule has 0 radical (unpaired) electrons. The molecule has 6 aliphatic rings. The minimum atomic E-state index is -0.148. The fourth-order valence-electron chi connectivity index (χ4n) is 10.2. The first kappa shape index (κ1) is 24.6. The second-order valence-electron chi connectivity index (χ2n) is 13.7. The molecule has 5 nitrogen and oxygen atoms in total. The Morgan fingerprint density at radius 2 is 1.89 bits per heavy atom. The molecule has 0 N–H and O–H groups in total. The Kier molecular flexibility index (Phi) is 5.70. The molecule has 1 saturated heterocycles. The maximum absolute atomic E-state index is 12.4. The second-order valence-corrected chi connectivity index (χ2v) is 13.7. The van der Waals surface area contributed by atoms with Crippen molar-refractivity contribution in [2.75, 3.05) is 6.54 Å². The third-order valence-electron chi connectivity index (χ3n) is 11.7. The predicted molar refractivity (Wildman–Crippen MR) is 139 cm³/mol. The van der Waals surface area contributed by atoms with Gasteiger partial charge in [-0.1, -0.05) is 32.4 Å². The first-order valence-corrected chi connectivity index (χ1v) is 14.5. The molecule has 10 atom stereocenters. The summed E-state index contributed by atoms with van der Waals surface area (Å²) in [5.41, 5.74) is 3.52. The largest absolute Gasteiger partial charge is 0.492 e. The molecule has 0 bridgehead atoms. The van der Waals surface area contributed by atoms with Gasteiger partial charge in [0.15, 0.2) is 0 Å². The third-order valence-corrected chi connectivity index (χ3v) is 11.7. The molecule has 6 rings (SSSR count). The van der Waals surface area contributed by atoms with E-state index >= 15 is 0 Å². The van der Waals surface area contributed by atoms with Crippen molar-refractivity contribution in [2.45, 2.75) is 111 Å². The average Bonchev–Trinajstić information content (AvgIpc) is 3.44. The molecule has 0 spiro atoms. The minimum absolute atomic E-state index is 0.0607. The average molecular weight is 496 g/mol. The van der Waals surface area contributed by atoms with Crippen molar-refractivity contribution >= 4 is 11.9 Å². The van der Waals surface area contributed by atoms with E-state index in [1.54, 1.807) is 12.5 Å². The monoisotopic (exact) mass is 495 g/mol. The van der Waals surface area contributed by atoms with Gasteiger partial charge in [-0.05, 0) is 91.9 Å². The van der Waals surface area contributed by atoms with E-state index in [2.05, 4.69) is 38.7 Å². The summed E-state index contributed by atoms with van der Waals surface area (Å²) in [5.74, 6) is 4.31. The number of nitrogens with zero attached hydrogens (tertiary/aromatic N) is 1. The van der Waals surface area contributed by atoms with Crippen molar-refractivity contribution < 1.29 is 19.1 Å². The molecule has 4 fully saturated rings. The molecule has 2 heterocycles. The van der Waals surface area contributed by atoms with Crippen LogP contribution in [0.15, 0.2) is 23.0 Å². The van der Waals surface area contributed by atoms with Gasteiger partial charge < -0.3 is 14.4 Å². The van der Waals surface area contributed by atoms with Gasteiger partial charge in [0.05, 0.1) is 6.04 Å². The predicted octanol–water partition coefficient (Wildman–Crippen LogP) is 6.04. The number of fused-ring (bicyclic) bond motifs is 7. The van der Waals surface area contributed by atoms with Gasteiger partial charge in [0.2, 0.25) is 5.91 Å². The van der Waals surface area contributed by atoms with E-state index in [-0.39, 0.29) is 41.0 Å². The van der Waals surface area contributed by atoms with Gasteiger partial charge in [0, 0.05) is 32.7 Å². The van der Waals surface area contributed by atoms with E-state index in [1.165, 1.54) is 25.3 Å². The standard InChI is InChI=1S/C31H45NO4/c1-17-13-26(32(16-17)19(3)33)29-18(2)28-27(36-29)15-25-23-8-7-21-14-22(35-20(4)34)9-11-30(21,5)24(23)10-12-31(25,28)6/h7,17,22-28H,8-16H2,1-6H3/t17-,22+,23-,24+,25-,26+,27-,28+,30-,31-/m0/s1. The van der Waals surface area contributed by atoms with Crippen LogP contribution in [0.3, 0.4) is 0 Å². The lowest BCUT2D eigenvalue weighted by Gasteiger charge is -2.58. The lowest BCUT2D eigenvalue weighted by atomic mass is 9.47. The molecule has 4 aliphatic carbocycles. The highest BCUT2D eigenvalue weighted by Gasteiger charge is 2.64. The topological polar surface area (TPSA) is 55.8 Å². The number of hydrogen-bond donors (Lipinski definition) is 0. The summed E-state index contributed by atoms with van der Waals surface area (Å²) in [6.45, 7) is 13.7. The maximum atomic E-state index is 12.4. The van der Waals surface area contributed by atoms with Crippen LogP contribution < -0.4 is 0 Å². The molecule has 3 saturated carbocycles. The smallest absolute Gasteiger partial charge is 0.302 e. The Morgan fingerprint density at radius 1 is 1.11 bits per heavy atom. The van der Waals surface area contributed by atoms with Crippen molar-refractivity contribution in [2.24, 2.45) is 40.4 Å². The summed E-state index contributed by atoms with van der Waals surface area (Å²) in [5, 5.41) is 0. The van der Waals surface area contributed by atoms with E-state index in [1.807, 2.05) is 0 Å². The Labute approximate surface area is 217 Å². The molecule has 5 heteroatoms. The SMILES string of the molecule is CC(=O)O[C@@H]1CC[C@@]2(C)C(=CC[C@H]3[C@H]2CC[C@]2(C)[C@@H]4C(C)=C([C@H]5C[C@H](C)CN5C(C)=O)O[C@H]4C[C@@H]32)C1. The Morgan fingerprint density at radius 3 is 2.61 bits per heavy atom. The number of amides is 1. The van der Waals surface area contributed by atoms with Crippen molar-refractivity contribution in [1.29, 1.82) is 0 Å². The molecular weight excluding hydrogens is 450 g/mol. The third kappa shape index (κ3) is 3.46. The number of allylic oxidation sites excluding steroid dienone is 1. The molecule has 0 aromatic rings. The number of rotatable bonds is 2. The molecule has 0 unspecified atom stereocenters. The van der Waals surface area contributed by atoms with Crippen LogP contribution in [0.25, 0.3) is 0 Å². The van der Waals surface area contributed by atoms with Crippen LogP contribution in [0.2, 0.25) is 0 Å². The first-order chi connectivity index (χ1) is 17.0. The Balaban J connectivity index is 1.25. The zero-order chi connectivity index (χ0) is 25.6. The van der Waals surface area contributed by atoms with Gasteiger partial charge in [-0.2, -0.15) is 0 Å². The van der Waals surface area contributed by atoms with Crippen LogP contribution >= 0.6 is 0 Å². The van der Waals surface area contributed by atoms with Gasteiger partial charge in [-0.15, -0.1) is 0 Å². The highest BCUT2D eigenvalue weighted by atomic mass is 16.5. The Bertz CT molecular complexity index is 1030. The number of hydrogen-bond acceptors (Lipinski definition) is 4. The summed E-state index contributed by atoms with van der Waals surface area (Å²) in [6.07, 6.45) is 11.8. The van der Waals surface area contributed by atoms with Gasteiger partial charge in [0.25, 0.3) is 0 Å². The second kappa shape index (κ2) is 8.36. The van der Waals surface area contributed by atoms with Crippen molar-refractivity contribution in [3.8, 4) is 0 Å². The summed E-state index contributed by atoms with van der Waals surface area (Å²) in [6, 6.07) is 0.132. The molecule has 1 amide bonds. The fourth-order valence-corrected chi connectivity index (χ4v) is 10.2. The number of carbonyl (C=O) groups is 2. The number of ether oxygens (including phenoxy) is 2. The van der Waals surface area contributed by atoms with Crippen LogP contribution in [0.5, 0.6) is 0 Å². The normalized spacial score (nSPS) is 47.4. The van der Waals surface area contributed by atoms with E-state index in [0.29, 0.717) is 23.7 Å². The number of likely N-dealkylation sites (tertiary alicyclic amines) is 1. The van der Waals surface area contributed by atoms with Crippen LogP contribution in [0, 0.1) is 40.4 Å². The van der Waals surface area contributed by atoms with Crippen LogP contribution in [-0.2, 0) is 19.1 Å². The van der Waals surface area contributed by atoms with Gasteiger partial charge in [-0.3, -0.25) is 9.59 Å². The van der Waals surface area contributed by atoms with E-state index in [9.17, 15) is 9.59 Å². The van der Waals surface area contributed by atoms with E-state index in [0.717, 1.165) is 56.7 Å². The van der Waals surface area contributed by atoms with E-state index in [4.69, 9.17) is 9.47 Å². The zero-order valence-electron chi connectivity index (χ0n) is 23.1. The molecular formula is C31H45NO4. The molecule has 36 heavy (non-hydrogen) atoms. The highest BCUT2D eigenvalue weighted by Crippen LogP contribution is 2.69. The lowest BCUT2D eigenvalue weighted by Crippen LogP contribution is -2.50. The summed E-state index contributed by atoms with van der Waals surface area (Å²) < 4.78 is 12.5. The fraction of sp³-hybridized carbons (Fsp3) is 0.806. The van der Waals surface area contributed by atoms with Crippen LogP contribution in [0.1, 0.15) is 92.9 Å². The van der Waals surface area contributed by atoms with Crippen molar-refractivity contribution in [1.82, 2.24) is 4.90 Å². The van der Waals surface area contributed by atoms with Gasteiger partial charge >= 0.3 is 5.97 Å². The molecule has 198 valence electrons. The molecule has 0 aromatic heterocycles. The minimum Gasteiger partial charge on any atom is -0.492 e. The summed E-state index contributed by atoms with van der Waals surface area (Å²) in [7, 11) is 0. The van der Waals surface area contributed by atoms with E-state index < -0.39 is 0 Å². The zero-order valence-corrected chi connectivity index (χ0v) is 23.1. The summed E-state index contributed by atoms with van der Waals surface area (Å²) >= 11 is 0. The first-order valence-electron chi connectivity index (χ1n) is 14.5. The maximum Gasteiger partial charge on any atom is 0.302 e. The Hall–Kier alpha value is -1.78. The number of carbonyl (C=O) groups excluding carboxylic acids is 2. The van der Waals surface area contributed by atoms with Crippen molar-refractivity contribution in [3.05, 3.63) is 23.0 Å². The van der Waals surface area contributed by atoms with Crippen LogP contribution in [-0.4, -0.2) is 41.6 Å². The molecule has 0 aromatic carbocycles. The van der Waals surface area contributed by atoms with Crippen LogP contribution in [0.4, 0.5) is 0 Å². The van der Waals surface area contributed by atoms with Gasteiger partial charge in [0.1, 0.15) is 18.0 Å². The van der Waals surface area contributed by atoms with Gasteiger partial charge in [-0.25, -0.2) is 0 Å². The van der Waals surface area contributed by atoms with Crippen molar-refractivity contribution in [3.63, 3.8) is 0 Å². The quantitative estimate of drug-likeness (QED) is 0.346. The lowest BCUT2D eigenvalue weighted by molar-refractivity contribution is -0.148. The molecule has 2 aliphatic heterocycles. The number of esters is 1. The summed E-state index contributed by atoms with van der Waals surface area (Å²) in [4.78, 5) is 26.0.